The Morgan fingerprint density at radius 2 is 1.88 bits per heavy atom. The molecule has 1 fully saturated rings. The van der Waals surface area contributed by atoms with Crippen molar-refractivity contribution in [1.29, 1.82) is 0 Å². The maximum Gasteiger partial charge on any atom is 0.433 e. The number of carbonyl (C=O) groups is 3. The molecule has 0 atom stereocenters. The summed E-state index contributed by atoms with van der Waals surface area (Å²) in [4.78, 5) is 39.2. The number of anilines is 1. The minimum atomic E-state index is -4.68. The Bertz CT molecular complexity index is 1230. The van der Waals surface area contributed by atoms with Gasteiger partial charge in [0.05, 0.1) is 17.2 Å². The Balaban J connectivity index is 1.63. The van der Waals surface area contributed by atoms with Crippen LogP contribution in [0.15, 0.2) is 36.5 Å². The topological polar surface area (TPSA) is 94.0 Å². The lowest BCUT2D eigenvalue weighted by Gasteiger charge is -2.25. The second-order valence-corrected chi connectivity index (χ2v) is 8.19. The van der Waals surface area contributed by atoms with Crippen LogP contribution in [0.2, 0.25) is 0 Å². The van der Waals surface area contributed by atoms with Gasteiger partial charge in [-0.3, -0.25) is 14.3 Å². The van der Waals surface area contributed by atoms with Crippen molar-refractivity contribution in [3.05, 3.63) is 53.5 Å². The highest BCUT2D eigenvalue weighted by atomic mass is 19.4. The van der Waals surface area contributed by atoms with Gasteiger partial charge in [0.2, 0.25) is 0 Å². The fraction of sp³-hybridized carbons (Fsp3) is 0.348. The summed E-state index contributed by atoms with van der Waals surface area (Å²) in [6.45, 7) is 1.33. The van der Waals surface area contributed by atoms with E-state index in [2.05, 4.69) is 15.4 Å². The lowest BCUT2D eigenvalue weighted by Crippen LogP contribution is -2.19. The molecule has 2 aromatic heterocycles. The van der Waals surface area contributed by atoms with Crippen LogP contribution in [0.4, 0.5) is 18.9 Å². The lowest BCUT2D eigenvalue weighted by molar-refractivity contribution is -0.141. The molecule has 0 unspecified atom stereocenters. The number of alkyl halides is 3. The van der Waals surface area contributed by atoms with Crippen molar-refractivity contribution in [3.8, 4) is 0 Å². The van der Waals surface area contributed by atoms with Crippen LogP contribution < -0.4 is 5.32 Å². The SMILES string of the molecule is CC(=O)c1cc2nn([C@H]3CC[C@H](C=O)CC3)cc2cc1NC(=O)c1cccc(C(F)(F)F)n1. The number of carbonyl (C=O) groups excluding carboxylic acids is 3. The Hall–Kier alpha value is -3.56. The molecule has 1 aliphatic rings. The van der Waals surface area contributed by atoms with Crippen LogP contribution in [0.1, 0.15) is 65.2 Å². The molecule has 10 heteroatoms. The first-order chi connectivity index (χ1) is 15.7. The van der Waals surface area contributed by atoms with Gasteiger partial charge in [-0.1, -0.05) is 6.07 Å². The van der Waals surface area contributed by atoms with Crippen LogP contribution in [0, 0.1) is 5.92 Å². The number of benzene rings is 1. The smallest absolute Gasteiger partial charge is 0.320 e. The fourth-order valence-corrected chi connectivity index (χ4v) is 4.08. The zero-order chi connectivity index (χ0) is 23.8. The van der Waals surface area contributed by atoms with E-state index in [9.17, 15) is 27.6 Å². The zero-order valence-electron chi connectivity index (χ0n) is 17.7. The maximum atomic E-state index is 12.9. The van der Waals surface area contributed by atoms with E-state index in [0.717, 1.165) is 44.1 Å². The number of ketones is 1. The van der Waals surface area contributed by atoms with E-state index in [1.54, 1.807) is 12.1 Å². The monoisotopic (exact) mass is 458 g/mol. The predicted molar refractivity (Wildman–Crippen MR) is 114 cm³/mol. The van der Waals surface area contributed by atoms with Gasteiger partial charge < -0.3 is 10.1 Å². The molecular formula is C23H21F3N4O3. The molecular weight excluding hydrogens is 437 g/mol. The molecule has 7 nitrogen and oxygen atoms in total. The largest absolute Gasteiger partial charge is 0.433 e. The van der Waals surface area contributed by atoms with Crippen LogP contribution in [-0.4, -0.2) is 32.7 Å². The first-order valence-electron chi connectivity index (χ1n) is 10.5. The van der Waals surface area contributed by atoms with Gasteiger partial charge in [-0.25, -0.2) is 4.98 Å². The van der Waals surface area contributed by atoms with E-state index in [4.69, 9.17) is 0 Å². The van der Waals surface area contributed by atoms with Gasteiger partial charge in [0.25, 0.3) is 5.91 Å². The molecule has 1 aliphatic carbocycles. The Morgan fingerprint density at radius 1 is 1.15 bits per heavy atom. The highest BCUT2D eigenvalue weighted by molar-refractivity contribution is 6.10. The summed E-state index contributed by atoms with van der Waals surface area (Å²) in [6, 6.07) is 6.31. The van der Waals surface area contributed by atoms with Crippen LogP contribution in [0.3, 0.4) is 0 Å². The van der Waals surface area contributed by atoms with Gasteiger partial charge in [0.15, 0.2) is 5.78 Å². The van der Waals surface area contributed by atoms with Crippen molar-refractivity contribution in [2.45, 2.75) is 44.8 Å². The van der Waals surface area contributed by atoms with Crippen molar-refractivity contribution in [2.24, 2.45) is 5.92 Å². The summed E-state index contributed by atoms with van der Waals surface area (Å²) in [5.74, 6) is -1.12. The second-order valence-electron chi connectivity index (χ2n) is 8.19. The van der Waals surface area contributed by atoms with Crippen molar-refractivity contribution in [3.63, 3.8) is 0 Å². The molecule has 0 bridgehead atoms. The summed E-state index contributed by atoms with van der Waals surface area (Å²) in [6.07, 6.45) is 1.30. The number of halogens is 3. The number of amides is 1. The van der Waals surface area contributed by atoms with E-state index in [1.807, 2.05) is 10.9 Å². The number of pyridine rings is 1. The predicted octanol–water partition coefficient (Wildman–Crippen LogP) is 4.84. The van der Waals surface area contributed by atoms with Gasteiger partial charge in [-0.2, -0.15) is 18.3 Å². The minimum absolute atomic E-state index is 0.0711. The molecule has 3 aromatic rings. The van der Waals surface area contributed by atoms with Gasteiger partial charge in [0.1, 0.15) is 17.7 Å². The first kappa shape index (κ1) is 22.6. The van der Waals surface area contributed by atoms with Crippen LogP contribution in [0.25, 0.3) is 10.9 Å². The second kappa shape index (κ2) is 8.76. The molecule has 33 heavy (non-hydrogen) atoms. The molecule has 0 radical (unpaired) electrons. The van der Waals surface area contributed by atoms with E-state index in [-0.39, 0.29) is 29.0 Å². The number of nitrogens with zero attached hydrogens (tertiary/aromatic N) is 3. The molecule has 1 saturated carbocycles. The number of aldehydes is 1. The fourth-order valence-electron chi connectivity index (χ4n) is 4.08. The van der Waals surface area contributed by atoms with E-state index in [1.165, 1.54) is 13.0 Å². The van der Waals surface area contributed by atoms with Crippen LogP contribution in [-0.2, 0) is 11.0 Å². The molecule has 1 N–H and O–H groups in total. The van der Waals surface area contributed by atoms with Crippen molar-refractivity contribution < 1.29 is 27.6 Å². The summed E-state index contributed by atoms with van der Waals surface area (Å²) in [5, 5.41) is 7.76. The van der Waals surface area contributed by atoms with Crippen molar-refractivity contribution in [2.75, 3.05) is 5.32 Å². The number of fused-ring (bicyclic) bond motifs is 1. The normalized spacial score (nSPS) is 18.8. The van der Waals surface area contributed by atoms with Crippen LogP contribution in [0.5, 0.6) is 0 Å². The molecule has 4 rings (SSSR count). The van der Waals surface area contributed by atoms with Crippen molar-refractivity contribution in [1.82, 2.24) is 14.8 Å². The number of hydrogen-bond donors (Lipinski definition) is 1. The maximum absolute atomic E-state index is 12.9. The number of rotatable bonds is 5. The molecule has 0 aliphatic heterocycles. The molecule has 0 spiro atoms. The van der Waals surface area contributed by atoms with E-state index < -0.39 is 23.5 Å². The molecule has 0 saturated heterocycles. The minimum Gasteiger partial charge on any atom is -0.320 e. The van der Waals surface area contributed by atoms with Gasteiger partial charge in [-0.05, 0) is 56.9 Å². The van der Waals surface area contributed by atoms with Crippen molar-refractivity contribution >= 4 is 34.6 Å². The third-order valence-corrected chi connectivity index (χ3v) is 5.87. The number of nitrogens with one attached hydrogen (secondary N) is 1. The quantitative estimate of drug-likeness (QED) is 0.436. The Morgan fingerprint density at radius 3 is 2.52 bits per heavy atom. The average Bonchev–Trinajstić information content (AvgIpc) is 3.21. The van der Waals surface area contributed by atoms with E-state index in [0.29, 0.717) is 10.9 Å². The van der Waals surface area contributed by atoms with Gasteiger partial charge in [-0.15, -0.1) is 0 Å². The lowest BCUT2D eigenvalue weighted by atomic mass is 9.87. The highest BCUT2D eigenvalue weighted by Gasteiger charge is 2.33. The van der Waals surface area contributed by atoms with Gasteiger partial charge >= 0.3 is 6.18 Å². The summed E-state index contributed by atoms with van der Waals surface area (Å²) in [5.41, 5.74) is -0.668. The molecule has 1 aromatic carbocycles. The first-order valence-corrected chi connectivity index (χ1v) is 10.5. The average molecular weight is 458 g/mol. The van der Waals surface area contributed by atoms with E-state index >= 15 is 0 Å². The number of aromatic nitrogens is 3. The highest BCUT2D eigenvalue weighted by Crippen LogP contribution is 2.33. The third-order valence-electron chi connectivity index (χ3n) is 5.87. The third kappa shape index (κ3) is 4.79. The summed E-state index contributed by atoms with van der Waals surface area (Å²) < 4.78 is 40.6. The Kier molecular flexibility index (Phi) is 6.01. The molecule has 172 valence electrons. The molecule has 2 heterocycles. The molecule has 1 amide bonds. The summed E-state index contributed by atoms with van der Waals surface area (Å²) >= 11 is 0. The number of Topliss-reactive ketones (excluding diaryl/α,β-unsaturated/α-hetero) is 1. The van der Waals surface area contributed by atoms with Crippen LogP contribution >= 0.6 is 0 Å². The Labute approximate surface area is 187 Å². The van der Waals surface area contributed by atoms with Gasteiger partial charge in [0, 0.05) is 23.1 Å². The summed E-state index contributed by atoms with van der Waals surface area (Å²) in [7, 11) is 0. The standard InChI is InChI=1S/C23H21F3N4O3/c1-13(32)17-10-19-15(11-30(29-19)16-7-5-14(12-31)6-8-16)9-20(17)28-22(33)18-3-2-4-21(27-18)23(24,25)26/h2-4,9-12,14,16H,5-8H2,1H3,(H,28,33)/t14-,16-. The number of hydrogen-bond acceptors (Lipinski definition) is 5. The zero-order valence-corrected chi connectivity index (χ0v) is 17.7.